The van der Waals surface area contributed by atoms with Crippen molar-refractivity contribution in [2.45, 2.75) is 77.2 Å². The molecule has 0 radical (unpaired) electrons. The number of allylic oxidation sites excluding steroid dienone is 2. The highest BCUT2D eigenvalue weighted by Gasteiger charge is 2.39. The summed E-state index contributed by atoms with van der Waals surface area (Å²) in [7, 11) is 0. The van der Waals surface area contributed by atoms with Crippen molar-refractivity contribution in [2.24, 2.45) is 5.41 Å². The van der Waals surface area contributed by atoms with Crippen LogP contribution in [0.2, 0.25) is 0 Å². The minimum Gasteiger partial charge on any atom is -0.367 e. The molecule has 2 aromatic heterocycles. The summed E-state index contributed by atoms with van der Waals surface area (Å²) in [5, 5.41) is 3.01. The van der Waals surface area contributed by atoms with Crippen molar-refractivity contribution in [1.82, 2.24) is 19.9 Å². The second-order valence-electron chi connectivity index (χ2n) is 11.5. The van der Waals surface area contributed by atoms with Crippen LogP contribution in [0.1, 0.15) is 93.6 Å². The van der Waals surface area contributed by atoms with Gasteiger partial charge in [-0.25, -0.2) is 9.97 Å². The summed E-state index contributed by atoms with van der Waals surface area (Å²) in [6.07, 6.45) is 13.4. The molecule has 8 nitrogen and oxygen atoms in total. The van der Waals surface area contributed by atoms with Gasteiger partial charge in [0.25, 0.3) is 5.82 Å². The van der Waals surface area contributed by atoms with Gasteiger partial charge in [-0.15, -0.1) is 0 Å². The Hall–Kier alpha value is -3.02. The van der Waals surface area contributed by atoms with Crippen LogP contribution in [0.5, 0.6) is 0 Å². The number of aromatic amines is 1. The van der Waals surface area contributed by atoms with Crippen molar-refractivity contribution in [2.75, 3.05) is 31.6 Å². The molecular weight excluding hydrogens is 464 g/mol. The van der Waals surface area contributed by atoms with E-state index >= 15 is 0 Å². The molecule has 1 amide bonds. The molecule has 0 bridgehead atoms. The number of hydrogen-bond acceptors (Lipinski definition) is 5. The number of ether oxygens (including phenoxy) is 1. The largest absolute Gasteiger partial charge is 0.367 e. The number of carbonyl (C=O) groups excluding carboxylic acids is 1. The number of anilines is 1. The number of nitrogens with one attached hydrogen (secondary N) is 2. The molecule has 1 saturated heterocycles. The van der Waals surface area contributed by atoms with E-state index in [9.17, 15) is 4.79 Å². The standard InChI is InChI=1S/C29H38N6O2/c1-28(2)14-10-21(11-15-28)25-22(32-27(36)26-31-20-24(30-3)34-26)8-9-23(33-25)29(12-4-5-13-29)37-19-18-35-16-6-7-17-35/h8-10,20H,4-7,11-19H2,1-2H3,(H,31,34)(H,32,36). The first-order chi connectivity index (χ1) is 17.9. The predicted octanol–water partition coefficient (Wildman–Crippen LogP) is 6.08. The van der Waals surface area contributed by atoms with Gasteiger partial charge in [0.1, 0.15) is 5.60 Å². The molecule has 2 aromatic rings. The van der Waals surface area contributed by atoms with Gasteiger partial charge in [0.05, 0.1) is 29.9 Å². The van der Waals surface area contributed by atoms with Gasteiger partial charge in [-0.1, -0.05) is 39.3 Å². The molecule has 196 valence electrons. The van der Waals surface area contributed by atoms with Crippen molar-refractivity contribution < 1.29 is 9.53 Å². The van der Waals surface area contributed by atoms with Crippen LogP contribution in [0, 0.1) is 12.0 Å². The molecule has 0 unspecified atom stereocenters. The van der Waals surface area contributed by atoms with E-state index in [-0.39, 0.29) is 28.6 Å². The van der Waals surface area contributed by atoms with Crippen molar-refractivity contribution in [3.8, 4) is 0 Å². The van der Waals surface area contributed by atoms with E-state index in [1.54, 1.807) is 0 Å². The molecular formula is C29H38N6O2. The summed E-state index contributed by atoms with van der Waals surface area (Å²) >= 11 is 0. The summed E-state index contributed by atoms with van der Waals surface area (Å²) in [5.74, 6) is -0.0116. The van der Waals surface area contributed by atoms with E-state index in [0.717, 1.165) is 62.9 Å². The minimum atomic E-state index is -0.375. The van der Waals surface area contributed by atoms with Crippen LogP contribution >= 0.6 is 0 Å². The maximum absolute atomic E-state index is 13.0. The molecule has 1 saturated carbocycles. The third-order valence-corrected chi connectivity index (χ3v) is 8.18. The van der Waals surface area contributed by atoms with E-state index in [2.05, 4.69) is 45.0 Å². The Morgan fingerprint density at radius 1 is 1.19 bits per heavy atom. The smallest absolute Gasteiger partial charge is 0.314 e. The highest BCUT2D eigenvalue weighted by Crippen LogP contribution is 2.44. The van der Waals surface area contributed by atoms with Gasteiger partial charge in [-0.05, 0) is 81.2 Å². The van der Waals surface area contributed by atoms with E-state index in [4.69, 9.17) is 16.3 Å². The number of hydrogen-bond donors (Lipinski definition) is 2. The van der Waals surface area contributed by atoms with Crippen LogP contribution in [0.3, 0.4) is 0 Å². The number of imidazole rings is 1. The first kappa shape index (κ1) is 25.6. The van der Waals surface area contributed by atoms with Crippen molar-refractivity contribution in [3.05, 3.63) is 53.0 Å². The zero-order valence-electron chi connectivity index (χ0n) is 22.1. The van der Waals surface area contributed by atoms with Crippen LogP contribution < -0.4 is 5.32 Å². The number of nitrogens with zero attached hydrogens (tertiary/aromatic N) is 4. The average Bonchev–Trinajstić information content (AvgIpc) is 3.67. The molecule has 5 rings (SSSR count). The van der Waals surface area contributed by atoms with Crippen molar-refractivity contribution >= 4 is 23.0 Å². The van der Waals surface area contributed by atoms with Crippen molar-refractivity contribution in [1.29, 1.82) is 0 Å². The Kier molecular flexibility index (Phi) is 7.45. The zero-order chi connectivity index (χ0) is 25.9. The molecule has 0 atom stereocenters. The maximum atomic E-state index is 13.0. The number of H-pyrrole nitrogens is 1. The van der Waals surface area contributed by atoms with Gasteiger partial charge in [0.2, 0.25) is 5.82 Å². The first-order valence-electron chi connectivity index (χ1n) is 13.7. The van der Waals surface area contributed by atoms with E-state index in [0.29, 0.717) is 12.3 Å². The van der Waals surface area contributed by atoms with Crippen LogP contribution in [-0.2, 0) is 10.3 Å². The fourth-order valence-corrected chi connectivity index (χ4v) is 5.81. The number of aromatic nitrogens is 3. The fourth-order valence-electron chi connectivity index (χ4n) is 5.81. The highest BCUT2D eigenvalue weighted by atomic mass is 16.5. The van der Waals surface area contributed by atoms with Crippen LogP contribution in [0.15, 0.2) is 24.4 Å². The van der Waals surface area contributed by atoms with E-state index in [1.807, 2.05) is 12.1 Å². The summed E-state index contributed by atoms with van der Waals surface area (Å²) in [5.41, 5.74) is 3.54. The Balaban J connectivity index is 1.43. The van der Waals surface area contributed by atoms with Gasteiger partial charge in [0, 0.05) is 6.54 Å². The molecule has 2 aliphatic carbocycles. The van der Waals surface area contributed by atoms with Gasteiger partial charge in [-0.3, -0.25) is 9.78 Å². The minimum absolute atomic E-state index is 0.122. The normalized spacial score (nSPS) is 20.9. The number of amides is 1. The molecule has 0 spiro atoms. The third-order valence-electron chi connectivity index (χ3n) is 8.18. The lowest BCUT2D eigenvalue weighted by Crippen LogP contribution is -2.32. The van der Waals surface area contributed by atoms with Crippen LogP contribution in [0.4, 0.5) is 11.5 Å². The zero-order valence-corrected chi connectivity index (χ0v) is 22.1. The van der Waals surface area contributed by atoms with E-state index < -0.39 is 0 Å². The second-order valence-corrected chi connectivity index (χ2v) is 11.5. The Morgan fingerprint density at radius 2 is 1.97 bits per heavy atom. The molecule has 2 N–H and O–H groups in total. The lowest BCUT2D eigenvalue weighted by molar-refractivity contribution is -0.0546. The number of rotatable bonds is 8. The summed E-state index contributed by atoms with van der Waals surface area (Å²) in [6, 6.07) is 4.00. The topological polar surface area (TPSA) is 87.5 Å². The monoisotopic (exact) mass is 502 g/mol. The lowest BCUT2D eigenvalue weighted by atomic mass is 9.77. The summed E-state index contributed by atoms with van der Waals surface area (Å²) < 4.78 is 6.67. The average molecular weight is 503 g/mol. The molecule has 8 heteroatoms. The molecule has 1 aliphatic heterocycles. The number of pyridine rings is 1. The van der Waals surface area contributed by atoms with Gasteiger partial charge < -0.3 is 19.8 Å². The molecule has 3 heterocycles. The van der Waals surface area contributed by atoms with Gasteiger partial charge in [0.15, 0.2) is 0 Å². The fraction of sp³-hybridized carbons (Fsp3) is 0.586. The second kappa shape index (κ2) is 10.8. The molecule has 0 aromatic carbocycles. The number of likely N-dealkylation sites (tertiary alicyclic amines) is 1. The Bertz CT molecular complexity index is 1200. The Labute approximate surface area is 219 Å². The summed E-state index contributed by atoms with van der Waals surface area (Å²) in [6.45, 7) is 15.7. The van der Waals surface area contributed by atoms with Gasteiger partial charge >= 0.3 is 5.91 Å². The molecule has 2 fully saturated rings. The predicted molar refractivity (Wildman–Crippen MR) is 144 cm³/mol. The Morgan fingerprint density at radius 3 is 2.65 bits per heavy atom. The maximum Gasteiger partial charge on any atom is 0.314 e. The highest BCUT2D eigenvalue weighted by molar-refractivity contribution is 6.03. The third kappa shape index (κ3) is 5.78. The van der Waals surface area contributed by atoms with Crippen molar-refractivity contribution in [3.63, 3.8) is 0 Å². The molecule has 37 heavy (non-hydrogen) atoms. The van der Waals surface area contributed by atoms with Crippen LogP contribution in [0.25, 0.3) is 10.4 Å². The summed E-state index contributed by atoms with van der Waals surface area (Å²) in [4.78, 5) is 30.8. The van der Waals surface area contributed by atoms with Gasteiger partial charge in [-0.2, -0.15) is 0 Å². The van der Waals surface area contributed by atoms with E-state index in [1.165, 1.54) is 37.7 Å². The first-order valence-corrected chi connectivity index (χ1v) is 13.7. The lowest BCUT2D eigenvalue weighted by Gasteiger charge is -2.32. The quantitative estimate of drug-likeness (QED) is 0.427. The number of carbonyl (C=O) groups is 1. The van der Waals surface area contributed by atoms with Crippen LogP contribution in [-0.4, -0.2) is 52.0 Å². The molecule has 3 aliphatic rings. The SMILES string of the molecule is [C-]#[N+]c1cnc(C(=O)Nc2ccc(C3(OCCN4CCCC4)CCCC3)nc2C2=CCC(C)(C)CC2)[nH]1.